The van der Waals surface area contributed by atoms with Crippen LogP contribution in [0.2, 0.25) is 5.15 Å². The number of amides is 1. The highest BCUT2D eigenvalue weighted by Crippen LogP contribution is 2.06. The minimum absolute atomic E-state index is 0.116. The average molecular weight is 217 g/mol. The highest BCUT2D eigenvalue weighted by atomic mass is 35.5. The first-order valence-electron chi connectivity index (χ1n) is 3.76. The summed E-state index contributed by atoms with van der Waals surface area (Å²) in [7, 11) is 2.80. The molecule has 0 bridgehead atoms. The molecule has 6 heteroatoms. The summed E-state index contributed by atoms with van der Waals surface area (Å²) in [4.78, 5) is 29.4. The number of H-pyrrole nitrogens is 1. The van der Waals surface area contributed by atoms with E-state index in [0.29, 0.717) is 0 Å². The molecular weight excluding hydrogens is 208 g/mol. The van der Waals surface area contributed by atoms with Crippen LogP contribution in [0.3, 0.4) is 0 Å². The fourth-order valence-electron chi connectivity index (χ4n) is 0.897. The molecule has 0 aliphatic rings. The number of nitrogens with zero attached hydrogens (tertiary/aromatic N) is 1. The number of carbonyl (C=O) groups is 1. The van der Waals surface area contributed by atoms with E-state index >= 15 is 0 Å². The Balaban J connectivity index is 3.07. The van der Waals surface area contributed by atoms with Gasteiger partial charge >= 0.3 is 0 Å². The fourth-order valence-corrected chi connectivity index (χ4v) is 1.11. The molecule has 0 aromatic carbocycles. The Hall–Kier alpha value is -1.33. The van der Waals surface area contributed by atoms with Crippen LogP contribution in [-0.2, 0) is 4.84 Å². The SMILES string of the molecule is CON(C)C(=O)c1cc(Cl)[nH]c(=O)c1. The number of aromatic amines is 1. The summed E-state index contributed by atoms with van der Waals surface area (Å²) in [6.45, 7) is 0. The van der Waals surface area contributed by atoms with Crippen molar-refractivity contribution in [2.75, 3.05) is 14.2 Å². The Morgan fingerprint density at radius 3 is 2.71 bits per heavy atom. The van der Waals surface area contributed by atoms with Gasteiger partial charge in [-0.1, -0.05) is 11.6 Å². The summed E-state index contributed by atoms with van der Waals surface area (Å²) < 4.78 is 0. The Morgan fingerprint density at radius 1 is 1.57 bits per heavy atom. The van der Waals surface area contributed by atoms with Crippen LogP contribution in [0, 0.1) is 0 Å². The number of aromatic nitrogens is 1. The van der Waals surface area contributed by atoms with Gasteiger partial charge < -0.3 is 4.98 Å². The molecule has 0 spiro atoms. The summed E-state index contributed by atoms with van der Waals surface area (Å²) in [6.07, 6.45) is 0. The van der Waals surface area contributed by atoms with Crippen LogP contribution in [-0.4, -0.2) is 30.1 Å². The number of hydrogen-bond acceptors (Lipinski definition) is 3. The largest absolute Gasteiger partial charge is 0.313 e. The van der Waals surface area contributed by atoms with Gasteiger partial charge in [-0.3, -0.25) is 14.4 Å². The predicted molar refractivity (Wildman–Crippen MR) is 51.2 cm³/mol. The van der Waals surface area contributed by atoms with E-state index in [1.165, 1.54) is 20.2 Å². The van der Waals surface area contributed by atoms with E-state index in [9.17, 15) is 9.59 Å². The van der Waals surface area contributed by atoms with Crippen molar-refractivity contribution in [2.24, 2.45) is 0 Å². The van der Waals surface area contributed by atoms with Crippen molar-refractivity contribution in [1.29, 1.82) is 0 Å². The molecule has 0 saturated carbocycles. The Morgan fingerprint density at radius 2 is 2.21 bits per heavy atom. The molecule has 14 heavy (non-hydrogen) atoms. The molecule has 1 aromatic heterocycles. The molecular formula is C8H9ClN2O3. The monoisotopic (exact) mass is 216 g/mol. The maximum absolute atomic E-state index is 11.5. The van der Waals surface area contributed by atoms with Crippen molar-refractivity contribution in [3.8, 4) is 0 Å². The van der Waals surface area contributed by atoms with Crippen molar-refractivity contribution in [3.63, 3.8) is 0 Å². The second-order valence-corrected chi connectivity index (χ2v) is 2.97. The zero-order valence-electron chi connectivity index (χ0n) is 7.70. The first-order valence-corrected chi connectivity index (χ1v) is 4.14. The van der Waals surface area contributed by atoms with E-state index in [1.54, 1.807) is 0 Å². The van der Waals surface area contributed by atoms with Gasteiger partial charge in [-0.15, -0.1) is 0 Å². The highest BCUT2D eigenvalue weighted by Gasteiger charge is 2.12. The van der Waals surface area contributed by atoms with Gasteiger partial charge in [0.05, 0.1) is 12.7 Å². The maximum atomic E-state index is 11.5. The van der Waals surface area contributed by atoms with Crippen LogP contribution in [0.5, 0.6) is 0 Å². The van der Waals surface area contributed by atoms with Crippen LogP contribution < -0.4 is 5.56 Å². The second kappa shape index (κ2) is 4.26. The average Bonchev–Trinajstić information content (AvgIpc) is 2.14. The Labute approximate surface area is 85.2 Å². The third-order valence-electron chi connectivity index (χ3n) is 1.62. The first kappa shape index (κ1) is 10.7. The van der Waals surface area contributed by atoms with Crippen molar-refractivity contribution < 1.29 is 9.63 Å². The van der Waals surface area contributed by atoms with E-state index in [2.05, 4.69) is 9.82 Å². The van der Waals surface area contributed by atoms with Gasteiger partial charge in [0.1, 0.15) is 5.15 Å². The highest BCUT2D eigenvalue weighted by molar-refractivity contribution is 6.29. The molecule has 1 aromatic rings. The Bertz CT molecular complexity index is 402. The molecule has 1 N–H and O–H groups in total. The van der Waals surface area contributed by atoms with Gasteiger partial charge in [0, 0.05) is 13.1 Å². The minimum atomic E-state index is -0.430. The van der Waals surface area contributed by atoms with Crippen molar-refractivity contribution in [1.82, 2.24) is 10.0 Å². The summed E-state index contributed by atoms with van der Waals surface area (Å²) in [5.74, 6) is -0.430. The van der Waals surface area contributed by atoms with Gasteiger partial charge in [-0.25, -0.2) is 5.06 Å². The molecule has 0 atom stereocenters. The number of rotatable bonds is 2. The third kappa shape index (κ3) is 2.34. The Kier molecular flexibility index (Phi) is 3.27. The second-order valence-electron chi connectivity index (χ2n) is 2.57. The first-order chi connectivity index (χ1) is 6.54. The number of halogens is 1. The maximum Gasteiger partial charge on any atom is 0.277 e. The van der Waals surface area contributed by atoms with Gasteiger partial charge in [0.15, 0.2) is 0 Å². The van der Waals surface area contributed by atoms with Crippen LogP contribution in [0.4, 0.5) is 0 Å². The van der Waals surface area contributed by atoms with E-state index in [0.717, 1.165) is 11.1 Å². The molecule has 0 aliphatic heterocycles. The minimum Gasteiger partial charge on any atom is -0.313 e. The number of nitrogens with one attached hydrogen (secondary N) is 1. The number of hydroxylamine groups is 2. The standard InChI is InChI=1S/C8H9ClN2O3/c1-11(14-2)8(13)5-3-6(9)10-7(12)4-5/h3-4H,1-2H3,(H,10,12). The lowest BCUT2D eigenvalue weighted by atomic mass is 10.2. The van der Waals surface area contributed by atoms with Crippen molar-refractivity contribution in [2.45, 2.75) is 0 Å². The summed E-state index contributed by atoms with van der Waals surface area (Å²) in [5.41, 5.74) is -0.242. The number of hydrogen-bond donors (Lipinski definition) is 1. The zero-order valence-corrected chi connectivity index (χ0v) is 8.46. The summed E-state index contributed by atoms with van der Waals surface area (Å²) in [6, 6.07) is 2.52. The van der Waals surface area contributed by atoms with Crippen LogP contribution >= 0.6 is 11.6 Å². The summed E-state index contributed by atoms with van der Waals surface area (Å²) in [5, 5.41) is 1.12. The molecule has 0 aliphatic carbocycles. The van der Waals surface area contributed by atoms with Gasteiger partial charge in [0.25, 0.3) is 5.91 Å². The lowest BCUT2D eigenvalue weighted by Crippen LogP contribution is -2.26. The van der Waals surface area contributed by atoms with Gasteiger partial charge in [0.2, 0.25) is 5.56 Å². The van der Waals surface area contributed by atoms with Crippen molar-refractivity contribution >= 4 is 17.5 Å². The molecule has 1 heterocycles. The molecule has 1 rings (SSSR count). The van der Waals surface area contributed by atoms with Crippen LogP contribution in [0.25, 0.3) is 0 Å². The van der Waals surface area contributed by atoms with Gasteiger partial charge in [-0.05, 0) is 6.07 Å². The van der Waals surface area contributed by atoms with Crippen LogP contribution in [0.15, 0.2) is 16.9 Å². The number of carbonyl (C=O) groups excluding carboxylic acids is 1. The zero-order chi connectivity index (χ0) is 10.7. The molecule has 76 valence electrons. The van der Waals surface area contributed by atoms with E-state index in [-0.39, 0.29) is 10.7 Å². The lowest BCUT2D eigenvalue weighted by molar-refractivity contribution is -0.0757. The summed E-state index contributed by atoms with van der Waals surface area (Å²) >= 11 is 5.57. The molecule has 0 fully saturated rings. The molecule has 5 nitrogen and oxygen atoms in total. The van der Waals surface area contributed by atoms with Crippen LogP contribution in [0.1, 0.15) is 10.4 Å². The number of pyridine rings is 1. The molecule has 0 radical (unpaired) electrons. The smallest absolute Gasteiger partial charge is 0.277 e. The van der Waals surface area contributed by atoms with E-state index in [1.807, 2.05) is 0 Å². The molecule has 1 amide bonds. The topological polar surface area (TPSA) is 62.4 Å². The van der Waals surface area contributed by atoms with E-state index < -0.39 is 11.5 Å². The van der Waals surface area contributed by atoms with Crippen molar-refractivity contribution in [3.05, 3.63) is 33.2 Å². The van der Waals surface area contributed by atoms with E-state index in [4.69, 9.17) is 11.6 Å². The lowest BCUT2D eigenvalue weighted by Gasteiger charge is -2.12. The predicted octanol–water partition coefficient (Wildman–Crippen LogP) is 0.662. The quantitative estimate of drug-likeness (QED) is 0.584. The third-order valence-corrected chi connectivity index (χ3v) is 1.82. The fraction of sp³-hybridized carbons (Fsp3) is 0.250. The van der Waals surface area contributed by atoms with Gasteiger partial charge in [-0.2, -0.15) is 0 Å². The molecule has 0 unspecified atom stereocenters. The normalized spacial score (nSPS) is 9.93. The molecule has 0 saturated heterocycles.